The van der Waals surface area contributed by atoms with Crippen LogP contribution in [0, 0.1) is 0 Å². The number of hydrogen-bond acceptors (Lipinski definition) is 4. The lowest BCUT2D eigenvalue weighted by Gasteiger charge is -2.29. The van der Waals surface area contributed by atoms with Crippen LogP contribution >= 0.6 is 11.6 Å². The number of nitrogens with zero attached hydrogens (tertiary/aromatic N) is 2. The highest BCUT2D eigenvalue weighted by atomic mass is 35.5. The summed E-state index contributed by atoms with van der Waals surface area (Å²) in [6.07, 6.45) is -0.563. The minimum atomic E-state index is -0.287. The number of amides is 1. The summed E-state index contributed by atoms with van der Waals surface area (Å²) in [5.74, 6) is 0. The fourth-order valence-corrected chi connectivity index (χ4v) is 4.59. The number of rotatable bonds is 5. The Balaban J connectivity index is 1.26. The van der Waals surface area contributed by atoms with E-state index in [1.807, 2.05) is 31.2 Å². The van der Waals surface area contributed by atoms with Gasteiger partial charge in [-0.3, -0.25) is 4.90 Å². The van der Waals surface area contributed by atoms with Crippen LogP contribution in [-0.2, 0) is 9.47 Å². The average molecular weight is 463 g/mol. The minimum absolute atomic E-state index is 0.0763. The first-order valence-corrected chi connectivity index (χ1v) is 11.7. The number of cyclic esters (lactones) is 1. The Morgan fingerprint density at radius 3 is 2.12 bits per heavy atom. The molecule has 1 amide bonds. The molecule has 0 aromatic heterocycles. The van der Waals surface area contributed by atoms with Gasteiger partial charge in [0.2, 0.25) is 0 Å². The van der Waals surface area contributed by atoms with Crippen LogP contribution in [0.3, 0.4) is 0 Å². The second-order valence-corrected chi connectivity index (χ2v) is 8.96. The van der Waals surface area contributed by atoms with Crippen molar-refractivity contribution in [3.63, 3.8) is 0 Å². The highest BCUT2D eigenvalue weighted by Crippen LogP contribution is 2.34. The lowest BCUT2D eigenvalue weighted by atomic mass is 10.00. The summed E-state index contributed by atoms with van der Waals surface area (Å²) in [4.78, 5) is 16.7. The lowest BCUT2D eigenvalue weighted by molar-refractivity contribution is 0.122. The standard InChI is InChI=1S/C27H27ClN2O3/c1-19(30-18-26(33-27(30)31)23-6-10-24(28)11-7-23)20-2-4-21(5-3-20)22-8-12-25(13-9-22)29-14-16-32-17-15-29/h2-13,19,26H,14-18H2,1H3/t19?,26-/m0/s1. The van der Waals surface area contributed by atoms with Gasteiger partial charge in [0.25, 0.3) is 0 Å². The Morgan fingerprint density at radius 1 is 0.879 bits per heavy atom. The molecule has 0 N–H and O–H groups in total. The Morgan fingerprint density at radius 2 is 1.48 bits per heavy atom. The van der Waals surface area contributed by atoms with Crippen molar-refractivity contribution < 1.29 is 14.3 Å². The number of hydrogen-bond donors (Lipinski definition) is 0. The monoisotopic (exact) mass is 462 g/mol. The molecule has 0 spiro atoms. The van der Waals surface area contributed by atoms with Crippen LogP contribution in [0.1, 0.15) is 30.2 Å². The lowest BCUT2D eigenvalue weighted by Crippen LogP contribution is -2.36. The van der Waals surface area contributed by atoms with Crippen LogP contribution in [0.4, 0.5) is 10.5 Å². The molecule has 33 heavy (non-hydrogen) atoms. The van der Waals surface area contributed by atoms with Gasteiger partial charge in [-0.2, -0.15) is 0 Å². The topological polar surface area (TPSA) is 42.0 Å². The maximum atomic E-state index is 12.6. The van der Waals surface area contributed by atoms with E-state index in [4.69, 9.17) is 21.1 Å². The zero-order chi connectivity index (χ0) is 22.8. The molecule has 3 aromatic rings. The number of ether oxygens (including phenoxy) is 2. The van der Waals surface area contributed by atoms with Crippen LogP contribution in [0.15, 0.2) is 72.8 Å². The molecule has 2 aliphatic heterocycles. The highest BCUT2D eigenvalue weighted by Gasteiger charge is 2.35. The van der Waals surface area contributed by atoms with E-state index >= 15 is 0 Å². The Bertz CT molecular complexity index is 1090. The van der Waals surface area contributed by atoms with Gasteiger partial charge < -0.3 is 14.4 Å². The number of morpholine rings is 1. The van der Waals surface area contributed by atoms with Crippen LogP contribution in [-0.4, -0.2) is 43.8 Å². The van der Waals surface area contributed by atoms with Crippen molar-refractivity contribution in [2.75, 3.05) is 37.7 Å². The third-order valence-corrected chi connectivity index (χ3v) is 6.77. The molecule has 2 fully saturated rings. The van der Waals surface area contributed by atoms with Crippen molar-refractivity contribution in [3.05, 3.63) is 88.9 Å². The molecular weight excluding hydrogens is 436 g/mol. The largest absolute Gasteiger partial charge is 0.439 e. The summed E-state index contributed by atoms with van der Waals surface area (Å²) >= 11 is 5.98. The van der Waals surface area contributed by atoms with Crippen molar-refractivity contribution in [2.24, 2.45) is 0 Å². The van der Waals surface area contributed by atoms with E-state index in [-0.39, 0.29) is 18.2 Å². The zero-order valence-electron chi connectivity index (χ0n) is 18.6. The van der Waals surface area contributed by atoms with E-state index in [1.54, 1.807) is 4.90 Å². The molecule has 5 rings (SSSR count). The summed E-state index contributed by atoms with van der Waals surface area (Å²) in [6.45, 7) is 6.00. The van der Waals surface area contributed by atoms with Gasteiger partial charge in [-0.1, -0.05) is 60.1 Å². The fourth-order valence-electron chi connectivity index (χ4n) is 4.47. The van der Waals surface area contributed by atoms with Crippen molar-refractivity contribution in [1.29, 1.82) is 0 Å². The molecule has 5 nitrogen and oxygen atoms in total. The highest BCUT2D eigenvalue weighted by molar-refractivity contribution is 6.30. The zero-order valence-corrected chi connectivity index (χ0v) is 19.4. The molecule has 170 valence electrons. The van der Waals surface area contributed by atoms with Crippen LogP contribution in [0.5, 0.6) is 0 Å². The molecule has 1 unspecified atom stereocenters. The summed E-state index contributed by atoms with van der Waals surface area (Å²) in [5, 5.41) is 0.670. The predicted octanol–water partition coefficient (Wildman–Crippen LogP) is 6.10. The van der Waals surface area contributed by atoms with Gasteiger partial charge >= 0.3 is 6.09 Å². The normalized spacial score (nSPS) is 19.5. The van der Waals surface area contributed by atoms with E-state index < -0.39 is 0 Å². The number of carbonyl (C=O) groups excluding carboxylic acids is 1. The third-order valence-electron chi connectivity index (χ3n) is 6.52. The Kier molecular flexibility index (Phi) is 6.25. The number of carbonyl (C=O) groups is 1. The first-order chi connectivity index (χ1) is 16.1. The van der Waals surface area contributed by atoms with E-state index in [2.05, 4.69) is 53.4 Å². The Labute approximate surface area is 199 Å². The second-order valence-electron chi connectivity index (χ2n) is 8.52. The molecule has 2 aliphatic rings. The summed E-state index contributed by atoms with van der Waals surface area (Å²) in [7, 11) is 0. The third kappa shape index (κ3) is 4.70. The van der Waals surface area contributed by atoms with Crippen LogP contribution in [0.2, 0.25) is 5.02 Å². The fraction of sp³-hybridized carbons (Fsp3) is 0.296. The van der Waals surface area contributed by atoms with Crippen LogP contribution in [0.25, 0.3) is 11.1 Å². The minimum Gasteiger partial charge on any atom is -0.439 e. The van der Waals surface area contributed by atoms with Gasteiger partial charge in [-0.15, -0.1) is 0 Å². The molecule has 2 atom stereocenters. The maximum Gasteiger partial charge on any atom is 0.411 e. The van der Waals surface area contributed by atoms with Crippen molar-refractivity contribution >= 4 is 23.4 Å². The Hall–Kier alpha value is -3.02. The van der Waals surface area contributed by atoms with Gasteiger partial charge in [0.05, 0.1) is 25.8 Å². The smallest absolute Gasteiger partial charge is 0.411 e. The molecule has 2 heterocycles. The molecule has 0 aliphatic carbocycles. The van der Waals surface area contributed by atoms with E-state index in [0.717, 1.165) is 43.0 Å². The molecule has 6 heteroatoms. The van der Waals surface area contributed by atoms with E-state index in [9.17, 15) is 4.79 Å². The molecule has 0 radical (unpaired) electrons. The van der Waals surface area contributed by atoms with Crippen molar-refractivity contribution in [3.8, 4) is 11.1 Å². The number of benzene rings is 3. The quantitative estimate of drug-likeness (QED) is 0.459. The van der Waals surface area contributed by atoms with Gasteiger partial charge in [-0.05, 0) is 53.4 Å². The molecule has 0 saturated carbocycles. The van der Waals surface area contributed by atoms with Crippen molar-refractivity contribution in [2.45, 2.75) is 19.1 Å². The molecule has 3 aromatic carbocycles. The number of anilines is 1. The molecule has 2 saturated heterocycles. The molecular formula is C27H27ClN2O3. The van der Waals surface area contributed by atoms with Gasteiger partial charge in [0.15, 0.2) is 0 Å². The average Bonchev–Trinajstić information content (AvgIpc) is 3.26. The van der Waals surface area contributed by atoms with E-state index in [0.29, 0.717) is 11.6 Å². The summed E-state index contributed by atoms with van der Waals surface area (Å²) in [6, 6.07) is 24.5. The first kappa shape index (κ1) is 21.8. The predicted molar refractivity (Wildman–Crippen MR) is 131 cm³/mol. The van der Waals surface area contributed by atoms with Gasteiger partial charge in [-0.25, -0.2) is 4.79 Å². The maximum absolute atomic E-state index is 12.6. The summed E-state index contributed by atoms with van der Waals surface area (Å²) < 4.78 is 11.1. The van der Waals surface area contributed by atoms with Gasteiger partial charge in [0.1, 0.15) is 6.10 Å². The van der Waals surface area contributed by atoms with Crippen LogP contribution < -0.4 is 4.90 Å². The summed E-state index contributed by atoms with van der Waals surface area (Å²) in [5.41, 5.74) is 5.60. The molecule has 0 bridgehead atoms. The SMILES string of the molecule is CC(c1ccc(-c2ccc(N3CCOCC3)cc2)cc1)N1C[C@@H](c2ccc(Cl)cc2)OC1=O. The van der Waals surface area contributed by atoms with Gasteiger partial charge in [0, 0.05) is 23.8 Å². The van der Waals surface area contributed by atoms with E-state index in [1.165, 1.54) is 11.3 Å². The number of halogens is 1. The second kappa shape index (κ2) is 9.46. The first-order valence-electron chi connectivity index (χ1n) is 11.3. The van der Waals surface area contributed by atoms with Crippen molar-refractivity contribution in [1.82, 2.24) is 4.90 Å².